The van der Waals surface area contributed by atoms with Crippen molar-refractivity contribution < 1.29 is 0 Å². The maximum atomic E-state index is 2.52. The van der Waals surface area contributed by atoms with E-state index in [2.05, 4.69) is 280 Å². The molecule has 9 aromatic carbocycles. The first kappa shape index (κ1) is 41.5. The molecule has 0 aliphatic heterocycles. The average molecular weight is 875 g/mol. The van der Waals surface area contributed by atoms with Gasteiger partial charge in [-0.3, -0.25) is 0 Å². The van der Waals surface area contributed by atoms with Crippen molar-refractivity contribution in [2.24, 2.45) is 5.92 Å². The third-order valence-electron chi connectivity index (χ3n) is 15.1. The minimum atomic E-state index is -0.0827. The fourth-order valence-corrected chi connectivity index (χ4v) is 11.6. The SMILES string of the molecule is CC1(C)c2ccccc2-c2ccc(N(c3ccccc3)c3cccc(-c4ccc(-c5ccc(-c6cccc(N(C7=CC8C(C=C7)c7ccccc7C8(C)C)c7ccccc7)c6)cc5)cc4)c3)cc21. The molecule has 0 saturated heterocycles. The average Bonchev–Trinajstić information content (AvgIpc) is 3.76. The molecule has 3 aliphatic carbocycles. The van der Waals surface area contributed by atoms with Crippen LogP contribution in [0.2, 0.25) is 0 Å². The van der Waals surface area contributed by atoms with Crippen molar-refractivity contribution >= 4 is 28.4 Å². The van der Waals surface area contributed by atoms with E-state index in [-0.39, 0.29) is 10.8 Å². The van der Waals surface area contributed by atoms with Crippen molar-refractivity contribution in [2.45, 2.75) is 44.4 Å². The predicted molar refractivity (Wildman–Crippen MR) is 286 cm³/mol. The second kappa shape index (κ2) is 16.4. The van der Waals surface area contributed by atoms with E-state index in [1.54, 1.807) is 0 Å². The monoisotopic (exact) mass is 874 g/mol. The molecule has 0 heterocycles. The Kier molecular flexibility index (Phi) is 10.0. The number of anilines is 5. The lowest BCUT2D eigenvalue weighted by Gasteiger charge is -2.34. The van der Waals surface area contributed by atoms with E-state index in [1.807, 2.05) is 0 Å². The van der Waals surface area contributed by atoms with Gasteiger partial charge in [0.2, 0.25) is 0 Å². The van der Waals surface area contributed by atoms with Crippen molar-refractivity contribution in [3.63, 3.8) is 0 Å². The van der Waals surface area contributed by atoms with Gasteiger partial charge in [0.05, 0.1) is 0 Å². The van der Waals surface area contributed by atoms with Gasteiger partial charge in [0, 0.05) is 45.5 Å². The number of para-hydroxylation sites is 2. The van der Waals surface area contributed by atoms with E-state index in [0.717, 1.165) is 28.4 Å². The van der Waals surface area contributed by atoms with Gasteiger partial charge in [0.15, 0.2) is 0 Å². The van der Waals surface area contributed by atoms with Gasteiger partial charge in [0.1, 0.15) is 0 Å². The van der Waals surface area contributed by atoms with Gasteiger partial charge in [-0.05, 0) is 145 Å². The van der Waals surface area contributed by atoms with Crippen LogP contribution in [0.1, 0.15) is 55.9 Å². The summed E-state index contributed by atoms with van der Waals surface area (Å²) in [7, 11) is 0. The number of fused-ring (bicyclic) bond motifs is 6. The van der Waals surface area contributed by atoms with Crippen molar-refractivity contribution in [3.05, 3.63) is 271 Å². The molecular weight excluding hydrogens is 821 g/mol. The molecule has 12 rings (SSSR count). The Bertz CT molecular complexity index is 3390. The van der Waals surface area contributed by atoms with Gasteiger partial charge in [-0.15, -0.1) is 0 Å². The van der Waals surface area contributed by atoms with E-state index in [1.165, 1.54) is 72.5 Å². The molecule has 3 aliphatic rings. The fourth-order valence-electron chi connectivity index (χ4n) is 11.6. The summed E-state index contributed by atoms with van der Waals surface area (Å²) >= 11 is 0. The highest BCUT2D eigenvalue weighted by atomic mass is 15.2. The normalized spacial score (nSPS) is 16.8. The lowest BCUT2D eigenvalue weighted by Crippen LogP contribution is -2.28. The molecule has 0 bridgehead atoms. The molecule has 68 heavy (non-hydrogen) atoms. The number of hydrogen-bond donors (Lipinski definition) is 0. The number of allylic oxidation sites excluding steroid dienone is 3. The molecule has 0 aromatic heterocycles. The highest BCUT2D eigenvalue weighted by Crippen LogP contribution is 2.55. The van der Waals surface area contributed by atoms with Gasteiger partial charge < -0.3 is 9.80 Å². The van der Waals surface area contributed by atoms with Crippen LogP contribution in [-0.4, -0.2) is 0 Å². The van der Waals surface area contributed by atoms with Gasteiger partial charge in [-0.1, -0.05) is 204 Å². The standard InChI is InChI=1S/C66H54N2/c1-65(2)61-27-13-11-25-57(61)59-39-37-55(43-63(59)65)67(51-19-7-5-8-20-51)53-23-15-17-49(41-53)47-33-29-45(30-34-47)46-31-35-48(36-32-46)50-18-16-24-54(42-50)68(52-21-9-6-10-22-52)56-38-40-60-58-26-12-14-28-62(58)66(3,4)64(60)44-56/h5-44,59,63H,1-4H3. The van der Waals surface area contributed by atoms with Crippen molar-refractivity contribution in [2.75, 3.05) is 9.80 Å². The summed E-state index contributed by atoms with van der Waals surface area (Å²) in [5, 5.41) is 0. The Hall–Kier alpha value is -7.94. The maximum absolute atomic E-state index is 2.52. The number of benzene rings is 9. The molecule has 2 atom stereocenters. The molecule has 9 aromatic rings. The van der Waals surface area contributed by atoms with E-state index >= 15 is 0 Å². The number of nitrogens with zero attached hydrogens (tertiary/aromatic N) is 2. The van der Waals surface area contributed by atoms with Crippen LogP contribution in [0.5, 0.6) is 0 Å². The van der Waals surface area contributed by atoms with Crippen LogP contribution in [0.15, 0.2) is 248 Å². The molecule has 2 nitrogen and oxygen atoms in total. The van der Waals surface area contributed by atoms with Crippen LogP contribution in [-0.2, 0) is 10.8 Å². The summed E-state index contributed by atoms with van der Waals surface area (Å²) in [6.07, 6.45) is 7.30. The molecule has 0 fully saturated rings. The third-order valence-corrected chi connectivity index (χ3v) is 15.1. The van der Waals surface area contributed by atoms with E-state index < -0.39 is 0 Å². The second-order valence-electron chi connectivity index (χ2n) is 19.8. The second-order valence-corrected chi connectivity index (χ2v) is 19.8. The van der Waals surface area contributed by atoms with Crippen molar-refractivity contribution in [3.8, 4) is 44.5 Å². The molecule has 0 spiro atoms. The molecule has 2 unspecified atom stereocenters. The molecule has 0 radical (unpaired) electrons. The van der Waals surface area contributed by atoms with E-state index in [9.17, 15) is 0 Å². The molecule has 0 N–H and O–H groups in total. The number of hydrogen-bond acceptors (Lipinski definition) is 2. The van der Waals surface area contributed by atoms with E-state index in [4.69, 9.17) is 0 Å². The molecule has 328 valence electrons. The number of rotatable bonds is 9. The van der Waals surface area contributed by atoms with Gasteiger partial charge in [0.25, 0.3) is 0 Å². The van der Waals surface area contributed by atoms with Gasteiger partial charge in [-0.25, -0.2) is 0 Å². The van der Waals surface area contributed by atoms with Gasteiger partial charge in [-0.2, -0.15) is 0 Å². The zero-order valence-electron chi connectivity index (χ0n) is 39.1. The summed E-state index contributed by atoms with van der Waals surface area (Å²) in [6.45, 7) is 9.51. The lowest BCUT2D eigenvalue weighted by molar-refractivity contribution is 0.392. The topological polar surface area (TPSA) is 6.48 Å². The first-order chi connectivity index (χ1) is 33.2. The van der Waals surface area contributed by atoms with E-state index in [0.29, 0.717) is 11.8 Å². The zero-order valence-corrected chi connectivity index (χ0v) is 39.1. The Morgan fingerprint density at radius 3 is 1.44 bits per heavy atom. The zero-order chi connectivity index (χ0) is 46.0. The molecule has 0 saturated carbocycles. The maximum Gasteiger partial charge on any atom is 0.0467 e. The summed E-state index contributed by atoms with van der Waals surface area (Å²) in [4.78, 5) is 4.81. The van der Waals surface area contributed by atoms with Crippen LogP contribution in [0, 0.1) is 5.92 Å². The Labute approximate surface area is 401 Å². The Balaban J connectivity index is 0.812. The van der Waals surface area contributed by atoms with Crippen LogP contribution in [0.3, 0.4) is 0 Å². The van der Waals surface area contributed by atoms with Crippen LogP contribution < -0.4 is 9.80 Å². The fraction of sp³-hybridized carbons (Fsp3) is 0.121. The van der Waals surface area contributed by atoms with Gasteiger partial charge >= 0.3 is 0 Å². The first-order valence-corrected chi connectivity index (χ1v) is 24.1. The lowest BCUT2D eigenvalue weighted by atomic mass is 9.74. The molecular formula is C66H54N2. The Morgan fingerprint density at radius 2 is 0.824 bits per heavy atom. The highest BCUT2D eigenvalue weighted by molar-refractivity contribution is 5.87. The summed E-state index contributed by atoms with van der Waals surface area (Å²) in [5.74, 6) is 0.763. The van der Waals surface area contributed by atoms with Crippen LogP contribution in [0.4, 0.5) is 28.4 Å². The van der Waals surface area contributed by atoms with Crippen molar-refractivity contribution in [1.82, 2.24) is 0 Å². The highest BCUT2D eigenvalue weighted by Gasteiger charge is 2.45. The summed E-state index contributed by atoms with van der Waals surface area (Å²) in [6, 6.07) is 82.4. The minimum Gasteiger partial charge on any atom is -0.311 e. The smallest absolute Gasteiger partial charge is 0.0467 e. The first-order valence-electron chi connectivity index (χ1n) is 24.1. The Morgan fingerprint density at radius 1 is 0.353 bits per heavy atom. The molecule has 0 amide bonds. The largest absolute Gasteiger partial charge is 0.311 e. The quantitative estimate of drug-likeness (QED) is 0.143. The third kappa shape index (κ3) is 7.02. The van der Waals surface area contributed by atoms with Crippen LogP contribution >= 0.6 is 0 Å². The van der Waals surface area contributed by atoms with Crippen LogP contribution in [0.25, 0.3) is 44.5 Å². The summed E-state index contributed by atoms with van der Waals surface area (Å²) < 4.78 is 0. The minimum absolute atomic E-state index is 0.0365. The van der Waals surface area contributed by atoms with Crippen molar-refractivity contribution in [1.29, 1.82) is 0 Å². The summed E-state index contributed by atoms with van der Waals surface area (Å²) in [5.41, 5.74) is 22.4. The molecule has 2 heteroatoms. The predicted octanol–water partition coefficient (Wildman–Crippen LogP) is 17.7.